The molecule has 134 valence electrons. The fourth-order valence-corrected chi connectivity index (χ4v) is 3.78. The van der Waals surface area contributed by atoms with Crippen molar-refractivity contribution in [3.8, 4) is 0 Å². The summed E-state index contributed by atoms with van der Waals surface area (Å²) < 4.78 is 12.9. The van der Waals surface area contributed by atoms with Crippen LogP contribution in [-0.4, -0.2) is 34.4 Å². The molecular formula is C20H19FN2O2S. The number of amides is 2. The Hall–Kier alpha value is -2.60. The van der Waals surface area contributed by atoms with E-state index in [9.17, 15) is 14.0 Å². The molecule has 26 heavy (non-hydrogen) atoms. The lowest BCUT2D eigenvalue weighted by Crippen LogP contribution is -2.46. The fraction of sp³-hybridized carbons (Fsp3) is 0.200. The van der Waals surface area contributed by atoms with E-state index < -0.39 is 6.04 Å². The van der Waals surface area contributed by atoms with Crippen molar-refractivity contribution in [2.45, 2.75) is 12.6 Å². The summed E-state index contributed by atoms with van der Waals surface area (Å²) in [5.41, 5.74) is 1.75. The smallest absolute Gasteiger partial charge is 0.247 e. The van der Waals surface area contributed by atoms with E-state index in [-0.39, 0.29) is 17.6 Å². The van der Waals surface area contributed by atoms with Gasteiger partial charge in [0.15, 0.2) is 0 Å². The Bertz CT molecular complexity index is 793. The van der Waals surface area contributed by atoms with Crippen LogP contribution in [0.1, 0.15) is 11.1 Å². The lowest BCUT2D eigenvalue weighted by atomic mass is 10.2. The first-order valence-corrected chi connectivity index (χ1v) is 9.42. The zero-order valence-electron chi connectivity index (χ0n) is 14.1. The maximum absolute atomic E-state index is 12.9. The van der Waals surface area contributed by atoms with E-state index in [4.69, 9.17) is 0 Å². The zero-order valence-corrected chi connectivity index (χ0v) is 14.9. The molecule has 0 radical (unpaired) electrons. The van der Waals surface area contributed by atoms with E-state index in [2.05, 4.69) is 5.32 Å². The topological polar surface area (TPSA) is 49.4 Å². The van der Waals surface area contributed by atoms with Gasteiger partial charge in [0.05, 0.1) is 5.88 Å². The van der Waals surface area contributed by atoms with Crippen LogP contribution in [0.15, 0.2) is 60.7 Å². The van der Waals surface area contributed by atoms with Crippen LogP contribution >= 0.6 is 11.8 Å². The van der Waals surface area contributed by atoms with Crippen molar-refractivity contribution < 1.29 is 14.0 Å². The van der Waals surface area contributed by atoms with Crippen molar-refractivity contribution in [3.05, 3.63) is 77.6 Å². The van der Waals surface area contributed by atoms with Crippen molar-refractivity contribution >= 4 is 29.7 Å². The third-order valence-corrected chi connectivity index (χ3v) is 5.08. The molecule has 0 saturated carbocycles. The van der Waals surface area contributed by atoms with E-state index in [1.165, 1.54) is 18.2 Å². The molecule has 1 aliphatic heterocycles. The van der Waals surface area contributed by atoms with Crippen molar-refractivity contribution in [2.24, 2.45) is 0 Å². The number of carbonyl (C=O) groups excluding carboxylic acids is 2. The molecule has 3 rings (SSSR count). The standard InChI is InChI=1S/C20H19FN2O2S/c21-17-9-6-16(7-10-17)12-22-20(25)18-13-26-14-23(18)19(24)11-8-15-4-2-1-3-5-15/h1-11,18H,12-14H2,(H,22,25). The molecule has 0 bridgehead atoms. The van der Waals surface area contributed by atoms with E-state index in [1.54, 1.807) is 34.9 Å². The van der Waals surface area contributed by atoms with Gasteiger partial charge in [0, 0.05) is 18.4 Å². The number of hydrogen-bond donors (Lipinski definition) is 1. The van der Waals surface area contributed by atoms with Crippen LogP contribution in [0.5, 0.6) is 0 Å². The summed E-state index contributed by atoms with van der Waals surface area (Å²) in [5, 5.41) is 2.83. The van der Waals surface area contributed by atoms with Crippen LogP contribution in [0.3, 0.4) is 0 Å². The maximum Gasteiger partial charge on any atom is 0.247 e. The molecule has 1 unspecified atom stereocenters. The van der Waals surface area contributed by atoms with E-state index in [0.29, 0.717) is 18.2 Å². The molecule has 0 aliphatic carbocycles. The Morgan fingerprint density at radius 3 is 2.62 bits per heavy atom. The molecule has 4 nitrogen and oxygen atoms in total. The molecule has 0 spiro atoms. The zero-order chi connectivity index (χ0) is 18.4. The predicted octanol–water partition coefficient (Wildman–Crippen LogP) is 3.06. The van der Waals surface area contributed by atoms with Crippen LogP contribution in [0.2, 0.25) is 0 Å². The minimum absolute atomic E-state index is 0.180. The van der Waals surface area contributed by atoms with Crippen molar-refractivity contribution in [1.29, 1.82) is 0 Å². The predicted molar refractivity (Wildman–Crippen MR) is 102 cm³/mol. The van der Waals surface area contributed by atoms with Gasteiger partial charge < -0.3 is 10.2 Å². The molecule has 0 aromatic heterocycles. The van der Waals surface area contributed by atoms with E-state index >= 15 is 0 Å². The molecule has 2 amide bonds. The molecule has 1 aliphatic rings. The number of carbonyl (C=O) groups is 2. The van der Waals surface area contributed by atoms with E-state index in [1.807, 2.05) is 30.3 Å². The number of rotatable bonds is 5. The lowest BCUT2D eigenvalue weighted by molar-refractivity contribution is -0.134. The Morgan fingerprint density at radius 1 is 1.15 bits per heavy atom. The maximum atomic E-state index is 12.9. The molecule has 1 atom stereocenters. The van der Waals surface area contributed by atoms with Crippen molar-refractivity contribution in [3.63, 3.8) is 0 Å². The number of nitrogens with zero attached hydrogens (tertiary/aromatic N) is 1. The van der Waals surface area contributed by atoms with Gasteiger partial charge in [0.25, 0.3) is 0 Å². The summed E-state index contributed by atoms with van der Waals surface area (Å²) in [6.07, 6.45) is 3.25. The Labute approximate surface area is 156 Å². The summed E-state index contributed by atoms with van der Waals surface area (Å²) in [6, 6.07) is 15.0. The summed E-state index contributed by atoms with van der Waals surface area (Å²) in [7, 11) is 0. The Morgan fingerprint density at radius 2 is 1.88 bits per heavy atom. The highest BCUT2D eigenvalue weighted by atomic mass is 32.2. The van der Waals surface area contributed by atoms with Gasteiger partial charge in [-0.25, -0.2) is 4.39 Å². The molecular weight excluding hydrogens is 351 g/mol. The van der Waals surface area contributed by atoms with Crippen molar-refractivity contribution in [1.82, 2.24) is 10.2 Å². The van der Waals surface area contributed by atoms with Crippen LogP contribution in [-0.2, 0) is 16.1 Å². The second kappa shape index (κ2) is 8.67. The van der Waals surface area contributed by atoms with Crippen LogP contribution in [0.25, 0.3) is 6.08 Å². The number of benzene rings is 2. The molecule has 1 saturated heterocycles. The van der Waals surface area contributed by atoms with E-state index in [0.717, 1.165) is 11.1 Å². The second-order valence-electron chi connectivity index (χ2n) is 5.91. The van der Waals surface area contributed by atoms with Crippen molar-refractivity contribution in [2.75, 3.05) is 11.6 Å². The highest BCUT2D eigenvalue weighted by molar-refractivity contribution is 7.99. The number of halogens is 1. The quantitative estimate of drug-likeness (QED) is 0.823. The minimum atomic E-state index is -0.492. The van der Waals surface area contributed by atoms with Gasteiger partial charge in [-0.1, -0.05) is 42.5 Å². The molecule has 2 aromatic rings. The normalized spacial score (nSPS) is 16.8. The van der Waals surface area contributed by atoms with Gasteiger partial charge in [0.1, 0.15) is 11.9 Å². The number of thioether (sulfide) groups is 1. The highest BCUT2D eigenvalue weighted by Gasteiger charge is 2.33. The highest BCUT2D eigenvalue weighted by Crippen LogP contribution is 2.22. The summed E-state index contributed by atoms with van der Waals surface area (Å²) in [4.78, 5) is 26.5. The summed E-state index contributed by atoms with van der Waals surface area (Å²) in [5.74, 6) is 0.378. The largest absolute Gasteiger partial charge is 0.350 e. The second-order valence-corrected chi connectivity index (χ2v) is 6.91. The van der Waals surface area contributed by atoms with Gasteiger partial charge >= 0.3 is 0 Å². The van der Waals surface area contributed by atoms with Gasteiger partial charge in [-0.15, -0.1) is 11.8 Å². The minimum Gasteiger partial charge on any atom is -0.350 e. The molecule has 1 fully saturated rings. The number of nitrogens with one attached hydrogen (secondary N) is 1. The third kappa shape index (κ3) is 4.73. The molecule has 1 N–H and O–H groups in total. The molecule has 2 aromatic carbocycles. The monoisotopic (exact) mass is 370 g/mol. The fourth-order valence-electron chi connectivity index (χ4n) is 2.61. The lowest BCUT2D eigenvalue weighted by Gasteiger charge is -2.21. The van der Waals surface area contributed by atoms with Gasteiger partial charge in [-0.2, -0.15) is 0 Å². The first-order chi connectivity index (χ1) is 12.6. The molecule has 1 heterocycles. The summed E-state index contributed by atoms with van der Waals surface area (Å²) in [6.45, 7) is 0.308. The Kier molecular flexibility index (Phi) is 6.07. The first kappa shape index (κ1) is 18.2. The van der Waals surface area contributed by atoms with Gasteiger partial charge in [-0.05, 0) is 29.3 Å². The van der Waals surface area contributed by atoms with Crippen LogP contribution in [0.4, 0.5) is 4.39 Å². The van der Waals surface area contributed by atoms with Crippen LogP contribution < -0.4 is 5.32 Å². The van der Waals surface area contributed by atoms with Gasteiger partial charge in [-0.3, -0.25) is 9.59 Å². The average Bonchev–Trinajstić information content (AvgIpc) is 3.16. The third-order valence-electron chi connectivity index (χ3n) is 4.07. The first-order valence-electron chi connectivity index (χ1n) is 8.27. The molecule has 6 heteroatoms. The Balaban J connectivity index is 1.58. The van der Waals surface area contributed by atoms with Gasteiger partial charge in [0.2, 0.25) is 11.8 Å². The average molecular weight is 370 g/mol. The summed E-state index contributed by atoms with van der Waals surface area (Å²) >= 11 is 1.55. The SMILES string of the molecule is O=C(NCc1ccc(F)cc1)C1CSCN1C(=O)C=Cc1ccccc1. The number of hydrogen-bond acceptors (Lipinski definition) is 3. The van der Waals surface area contributed by atoms with Crippen LogP contribution in [0, 0.1) is 5.82 Å².